The first-order valence-corrected chi connectivity index (χ1v) is 13.7. The average molecular weight is 481 g/mol. The Morgan fingerprint density at radius 3 is 1.92 bits per heavy atom. The maximum absolute atomic E-state index is 6.60. The first-order chi connectivity index (χ1) is 17.8. The van der Waals surface area contributed by atoms with Crippen molar-refractivity contribution in [2.75, 3.05) is 13.2 Å². The summed E-state index contributed by atoms with van der Waals surface area (Å²) in [6.07, 6.45) is 11.3. The van der Waals surface area contributed by atoms with E-state index >= 15 is 0 Å². The minimum atomic E-state index is 0.699. The molecular weight excluding hydrogens is 440 g/mol. The molecule has 0 fully saturated rings. The molecule has 0 unspecified atom stereocenters. The molecule has 0 N–H and O–H groups in total. The minimum Gasteiger partial charge on any atom is -0.493 e. The normalized spacial score (nSPS) is 11.2. The molecule has 2 nitrogen and oxygen atoms in total. The molecule has 0 spiro atoms. The molecule has 0 amide bonds. The van der Waals surface area contributed by atoms with Crippen LogP contribution < -0.4 is 9.47 Å². The van der Waals surface area contributed by atoms with Gasteiger partial charge in [-0.3, -0.25) is 0 Å². The van der Waals surface area contributed by atoms with Crippen LogP contribution >= 0.6 is 0 Å². The maximum atomic E-state index is 6.60. The lowest BCUT2D eigenvalue weighted by atomic mass is 9.90. The highest BCUT2D eigenvalue weighted by Crippen LogP contribution is 2.47. The zero-order chi connectivity index (χ0) is 25.2. The molecule has 188 valence electrons. The van der Waals surface area contributed by atoms with E-state index in [-0.39, 0.29) is 0 Å². The lowest BCUT2D eigenvalue weighted by Crippen LogP contribution is -2.04. The van der Waals surface area contributed by atoms with E-state index in [0.717, 1.165) is 47.6 Å². The van der Waals surface area contributed by atoms with E-state index in [0.29, 0.717) is 6.61 Å². The second-order valence-corrected chi connectivity index (χ2v) is 9.57. The molecule has 4 aromatic rings. The van der Waals surface area contributed by atoms with Crippen LogP contribution in [0.2, 0.25) is 0 Å². The van der Waals surface area contributed by atoms with Gasteiger partial charge >= 0.3 is 0 Å². The molecule has 0 saturated carbocycles. The van der Waals surface area contributed by atoms with Crippen molar-refractivity contribution in [1.29, 1.82) is 0 Å². The predicted octanol–water partition coefficient (Wildman–Crippen LogP) is 10.2. The van der Waals surface area contributed by atoms with E-state index in [1.54, 1.807) is 0 Å². The SMILES string of the molecule is C=Cc1cc2ccccc2c(-c2c(OCCCCCC)ccc3ccccc23)c1OCCCCCC. The van der Waals surface area contributed by atoms with Crippen molar-refractivity contribution in [3.05, 3.63) is 78.9 Å². The van der Waals surface area contributed by atoms with E-state index in [2.05, 4.69) is 87.2 Å². The largest absolute Gasteiger partial charge is 0.493 e. The number of rotatable bonds is 14. The van der Waals surface area contributed by atoms with Crippen molar-refractivity contribution in [2.24, 2.45) is 0 Å². The van der Waals surface area contributed by atoms with Crippen molar-refractivity contribution in [3.8, 4) is 22.6 Å². The molecule has 36 heavy (non-hydrogen) atoms. The van der Waals surface area contributed by atoms with Crippen LogP contribution in [0.4, 0.5) is 0 Å². The topological polar surface area (TPSA) is 18.5 Å². The van der Waals surface area contributed by atoms with Crippen molar-refractivity contribution < 1.29 is 9.47 Å². The number of ether oxygens (including phenoxy) is 2. The Morgan fingerprint density at radius 2 is 1.25 bits per heavy atom. The van der Waals surface area contributed by atoms with Gasteiger partial charge in [0.25, 0.3) is 0 Å². The molecule has 0 aliphatic carbocycles. The molecule has 0 radical (unpaired) electrons. The number of hydrogen-bond acceptors (Lipinski definition) is 2. The van der Waals surface area contributed by atoms with E-state index < -0.39 is 0 Å². The molecule has 4 rings (SSSR count). The minimum absolute atomic E-state index is 0.699. The summed E-state index contributed by atoms with van der Waals surface area (Å²) < 4.78 is 13.1. The van der Waals surface area contributed by atoms with Gasteiger partial charge < -0.3 is 9.47 Å². The van der Waals surface area contributed by atoms with Gasteiger partial charge in [-0.2, -0.15) is 0 Å². The summed E-state index contributed by atoms with van der Waals surface area (Å²) in [5, 5.41) is 4.75. The number of hydrogen-bond donors (Lipinski definition) is 0. The van der Waals surface area contributed by atoms with Gasteiger partial charge in [0.2, 0.25) is 0 Å². The Morgan fingerprint density at radius 1 is 0.639 bits per heavy atom. The van der Waals surface area contributed by atoms with Crippen LogP contribution in [-0.4, -0.2) is 13.2 Å². The van der Waals surface area contributed by atoms with Crippen LogP contribution in [-0.2, 0) is 0 Å². The van der Waals surface area contributed by atoms with E-state index in [1.165, 1.54) is 60.1 Å². The molecule has 0 aliphatic heterocycles. The third-order valence-electron chi connectivity index (χ3n) is 6.89. The molecule has 0 heterocycles. The molecule has 0 aromatic heterocycles. The van der Waals surface area contributed by atoms with Gasteiger partial charge in [-0.1, -0.05) is 120 Å². The van der Waals surface area contributed by atoms with Crippen LogP contribution in [0.15, 0.2) is 73.3 Å². The number of benzene rings is 4. The number of fused-ring (bicyclic) bond motifs is 2. The molecular formula is C34H40O2. The van der Waals surface area contributed by atoms with Gasteiger partial charge in [0.15, 0.2) is 0 Å². The lowest BCUT2D eigenvalue weighted by Gasteiger charge is -2.21. The standard InChI is InChI=1S/C34H40O2/c1-4-7-9-15-23-35-31-22-21-27-17-11-13-19-29(27)32(31)33-30-20-14-12-18-28(30)25-26(6-3)34(33)36-24-16-10-8-5-2/h6,11-14,17-22,25H,3-5,7-10,15-16,23-24H2,1-2H3. The highest BCUT2D eigenvalue weighted by molar-refractivity contribution is 6.11. The first kappa shape index (κ1) is 25.8. The summed E-state index contributed by atoms with van der Waals surface area (Å²) in [4.78, 5) is 0. The van der Waals surface area contributed by atoms with Crippen molar-refractivity contribution in [2.45, 2.75) is 65.2 Å². The Hall–Kier alpha value is -3.26. The van der Waals surface area contributed by atoms with Crippen LogP contribution in [0.25, 0.3) is 38.7 Å². The second kappa shape index (κ2) is 13.2. The highest BCUT2D eigenvalue weighted by Gasteiger charge is 2.21. The van der Waals surface area contributed by atoms with Crippen molar-refractivity contribution in [1.82, 2.24) is 0 Å². The van der Waals surface area contributed by atoms with E-state index in [4.69, 9.17) is 9.47 Å². The van der Waals surface area contributed by atoms with Gasteiger partial charge in [0, 0.05) is 16.7 Å². The Balaban J connectivity index is 1.88. The fourth-order valence-electron chi connectivity index (χ4n) is 4.95. The van der Waals surface area contributed by atoms with Crippen LogP contribution in [0.1, 0.15) is 70.8 Å². The molecule has 4 aromatic carbocycles. The summed E-state index contributed by atoms with van der Waals surface area (Å²) in [6, 6.07) is 23.7. The van der Waals surface area contributed by atoms with Crippen LogP contribution in [0.3, 0.4) is 0 Å². The summed E-state index contributed by atoms with van der Waals surface area (Å²) >= 11 is 0. The predicted molar refractivity (Wildman–Crippen MR) is 156 cm³/mol. The monoisotopic (exact) mass is 480 g/mol. The Bertz CT molecular complexity index is 1290. The lowest BCUT2D eigenvalue weighted by molar-refractivity contribution is 0.302. The Kier molecular flexibility index (Phi) is 9.44. The Labute approximate surface area is 216 Å². The number of unbranched alkanes of at least 4 members (excludes halogenated alkanes) is 6. The summed E-state index contributed by atoms with van der Waals surface area (Å²) in [6.45, 7) is 10.0. The fraction of sp³-hybridized carbons (Fsp3) is 0.353. The van der Waals surface area contributed by atoms with Gasteiger partial charge in [-0.15, -0.1) is 0 Å². The van der Waals surface area contributed by atoms with Gasteiger partial charge in [0.1, 0.15) is 11.5 Å². The maximum Gasteiger partial charge on any atom is 0.135 e. The van der Waals surface area contributed by atoms with Crippen molar-refractivity contribution in [3.63, 3.8) is 0 Å². The highest BCUT2D eigenvalue weighted by atomic mass is 16.5. The summed E-state index contributed by atoms with van der Waals surface area (Å²) in [5.74, 6) is 1.83. The van der Waals surface area contributed by atoms with Crippen molar-refractivity contribution >= 4 is 27.6 Å². The average Bonchev–Trinajstić information content (AvgIpc) is 2.92. The van der Waals surface area contributed by atoms with Gasteiger partial charge in [-0.25, -0.2) is 0 Å². The molecule has 0 saturated heterocycles. The molecule has 0 aliphatic rings. The smallest absolute Gasteiger partial charge is 0.135 e. The molecule has 0 bridgehead atoms. The van der Waals surface area contributed by atoms with E-state index in [9.17, 15) is 0 Å². The first-order valence-electron chi connectivity index (χ1n) is 13.7. The van der Waals surface area contributed by atoms with Gasteiger partial charge in [-0.05, 0) is 46.5 Å². The van der Waals surface area contributed by atoms with Crippen LogP contribution in [0, 0.1) is 0 Å². The fourth-order valence-corrected chi connectivity index (χ4v) is 4.95. The third kappa shape index (κ3) is 5.93. The second-order valence-electron chi connectivity index (χ2n) is 9.57. The quantitative estimate of drug-likeness (QED) is 0.167. The molecule has 0 atom stereocenters. The zero-order valence-electron chi connectivity index (χ0n) is 22.0. The van der Waals surface area contributed by atoms with Gasteiger partial charge in [0.05, 0.1) is 13.2 Å². The van der Waals surface area contributed by atoms with E-state index in [1.807, 2.05) is 6.08 Å². The van der Waals surface area contributed by atoms with Crippen LogP contribution in [0.5, 0.6) is 11.5 Å². The third-order valence-corrected chi connectivity index (χ3v) is 6.89. The summed E-state index contributed by atoms with van der Waals surface area (Å²) in [5.41, 5.74) is 3.26. The summed E-state index contributed by atoms with van der Waals surface area (Å²) in [7, 11) is 0. The zero-order valence-corrected chi connectivity index (χ0v) is 22.0. The molecule has 2 heteroatoms.